The lowest BCUT2D eigenvalue weighted by Gasteiger charge is -2.22. The third kappa shape index (κ3) is 5.32. The zero-order valence-electron chi connectivity index (χ0n) is 21.9. The number of aromatic nitrogens is 3. The molecule has 0 radical (unpaired) electrons. The largest absolute Gasteiger partial charge is 0.372 e. The Morgan fingerprint density at radius 3 is 2.34 bits per heavy atom. The monoisotopic (exact) mass is 531 g/mol. The van der Waals surface area contributed by atoms with Gasteiger partial charge in [-0.1, -0.05) is 6.07 Å². The average Bonchev–Trinajstić information content (AvgIpc) is 3.27. The fourth-order valence-electron chi connectivity index (χ4n) is 4.35. The summed E-state index contributed by atoms with van der Waals surface area (Å²) < 4.78 is 0. The number of fused-ring (bicyclic) bond motifs is 1. The van der Waals surface area contributed by atoms with E-state index >= 15 is 0 Å². The predicted octanol–water partition coefficient (Wildman–Crippen LogP) is 5.23. The van der Waals surface area contributed by atoms with Crippen molar-refractivity contribution in [2.75, 3.05) is 23.3 Å². The third-order valence-electron chi connectivity index (χ3n) is 6.47. The van der Waals surface area contributed by atoms with Gasteiger partial charge in [0.2, 0.25) is 0 Å². The molecule has 0 fully saturated rings. The quantitative estimate of drug-likeness (QED) is 0.189. The number of nitro groups is 1. The number of carbonyl (C=O) groups excluding carboxylic acids is 1. The molecule has 0 bridgehead atoms. The molecule has 1 heterocycles. The maximum absolute atomic E-state index is 12.7. The minimum atomic E-state index is -0.531. The van der Waals surface area contributed by atoms with Crippen molar-refractivity contribution in [2.24, 2.45) is 0 Å². The van der Waals surface area contributed by atoms with Gasteiger partial charge in [0.05, 0.1) is 10.6 Å². The number of nitro benzene ring substituents is 1. The second kappa shape index (κ2) is 10.9. The normalized spacial score (nSPS) is 10.9. The van der Waals surface area contributed by atoms with Crippen molar-refractivity contribution in [1.29, 1.82) is 0 Å². The molecule has 196 valence electrons. The first kappa shape index (κ1) is 26.7. The predicted molar refractivity (Wildman–Crippen MR) is 153 cm³/mol. The van der Waals surface area contributed by atoms with Crippen LogP contribution in [0, 0.1) is 30.9 Å². The Balaban J connectivity index is 1.54. The van der Waals surface area contributed by atoms with E-state index in [-0.39, 0.29) is 21.9 Å². The minimum absolute atomic E-state index is 0.0681. The van der Waals surface area contributed by atoms with Crippen LogP contribution in [0.3, 0.4) is 0 Å². The van der Waals surface area contributed by atoms with Gasteiger partial charge in [-0.05, 0) is 94.4 Å². The summed E-state index contributed by atoms with van der Waals surface area (Å²) in [7, 11) is 0. The fourth-order valence-corrected chi connectivity index (χ4v) is 4.55. The lowest BCUT2D eigenvalue weighted by atomic mass is 10.1. The first-order valence-corrected chi connectivity index (χ1v) is 12.6. The molecule has 1 aromatic heterocycles. The molecule has 1 amide bonds. The standard InChI is InChI=1S/C27H29N7O3S/c1-6-32(7-2)19-11-12-24(17(4)13-19)33-30-22-14-16(3)21(15-23(22)31-33)28-27(38)29-26(35)20-9-8-10-25(18(20)5)34(36)37/h8-15H,6-7H2,1-5H3,(H2,28,29,35,38). The van der Waals surface area contributed by atoms with Gasteiger partial charge in [-0.3, -0.25) is 20.2 Å². The van der Waals surface area contributed by atoms with Gasteiger partial charge in [-0.15, -0.1) is 10.2 Å². The molecule has 4 rings (SSSR count). The molecule has 0 unspecified atom stereocenters. The van der Waals surface area contributed by atoms with Crippen molar-refractivity contribution >= 4 is 51.3 Å². The molecule has 0 spiro atoms. The second-order valence-corrected chi connectivity index (χ2v) is 9.31. The van der Waals surface area contributed by atoms with Gasteiger partial charge in [-0.25, -0.2) is 0 Å². The van der Waals surface area contributed by atoms with E-state index < -0.39 is 10.8 Å². The maximum Gasteiger partial charge on any atom is 0.273 e. The molecular formula is C27H29N7O3S. The average molecular weight is 532 g/mol. The van der Waals surface area contributed by atoms with E-state index in [9.17, 15) is 14.9 Å². The van der Waals surface area contributed by atoms with E-state index in [1.54, 1.807) is 4.80 Å². The Hall–Kier alpha value is -4.38. The summed E-state index contributed by atoms with van der Waals surface area (Å²) in [4.78, 5) is 27.3. The number of amides is 1. The molecule has 0 aliphatic heterocycles. The lowest BCUT2D eigenvalue weighted by Crippen LogP contribution is -2.34. The molecule has 0 saturated carbocycles. The van der Waals surface area contributed by atoms with Crippen LogP contribution in [0.2, 0.25) is 0 Å². The first-order chi connectivity index (χ1) is 18.1. The highest BCUT2D eigenvalue weighted by Crippen LogP contribution is 2.25. The summed E-state index contributed by atoms with van der Waals surface area (Å²) in [6, 6.07) is 14.3. The molecule has 11 heteroatoms. The molecule has 0 saturated heterocycles. The second-order valence-electron chi connectivity index (χ2n) is 8.90. The van der Waals surface area contributed by atoms with Gasteiger partial charge in [0.15, 0.2) is 5.11 Å². The Morgan fingerprint density at radius 1 is 1.03 bits per heavy atom. The number of carbonyl (C=O) groups is 1. The number of aryl methyl sites for hydroxylation is 2. The Morgan fingerprint density at radius 2 is 1.71 bits per heavy atom. The topological polar surface area (TPSA) is 118 Å². The summed E-state index contributed by atoms with van der Waals surface area (Å²) >= 11 is 5.35. The minimum Gasteiger partial charge on any atom is -0.372 e. The summed E-state index contributed by atoms with van der Waals surface area (Å²) in [6.45, 7) is 11.6. The Bertz CT molecular complexity index is 1560. The number of nitrogens with zero attached hydrogens (tertiary/aromatic N) is 5. The van der Waals surface area contributed by atoms with Crippen LogP contribution in [-0.4, -0.2) is 44.0 Å². The van der Waals surface area contributed by atoms with Crippen molar-refractivity contribution < 1.29 is 9.72 Å². The molecule has 10 nitrogen and oxygen atoms in total. The van der Waals surface area contributed by atoms with Gasteiger partial charge < -0.3 is 10.2 Å². The summed E-state index contributed by atoms with van der Waals surface area (Å²) in [5, 5.41) is 26.2. The van der Waals surface area contributed by atoms with E-state index in [1.807, 2.05) is 32.0 Å². The van der Waals surface area contributed by atoms with Crippen LogP contribution >= 0.6 is 12.2 Å². The molecule has 38 heavy (non-hydrogen) atoms. The summed E-state index contributed by atoms with van der Waals surface area (Å²) in [5.74, 6) is -0.531. The molecule has 0 aliphatic carbocycles. The van der Waals surface area contributed by atoms with Gasteiger partial charge in [0.25, 0.3) is 11.6 Å². The highest BCUT2D eigenvalue weighted by atomic mass is 32.1. The van der Waals surface area contributed by atoms with Crippen molar-refractivity contribution in [1.82, 2.24) is 20.3 Å². The number of hydrogen-bond donors (Lipinski definition) is 2. The van der Waals surface area contributed by atoms with Gasteiger partial charge in [-0.2, -0.15) is 4.80 Å². The number of thiocarbonyl (C=S) groups is 1. The van der Waals surface area contributed by atoms with Crippen molar-refractivity contribution in [3.05, 3.63) is 80.9 Å². The van der Waals surface area contributed by atoms with E-state index in [2.05, 4.69) is 51.7 Å². The van der Waals surface area contributed by atoms with Gasteiger partial charge >= 0.3 is 0 Å². The highest BCUT2D eigenvalue weighted by molar-refractivity contribution is 7.80. The summed E-state index contributed by atoms with van der Waals surface area (Å²) in [5.41, 5.74) is 6.35. The fraction of sp³-hybridized carbons (Fsp3) is 0.259. The van der Waals surface area contributed by atoms with Crippen LogP contribution in [-0.2, 0) is 0 Å². The van der Waals surface area contributed by atoms with Crippen LogP contribution in [0.4, 0.5) is 17.1 Å². The SMILES string of the molecule is CCN(CC)c1ccc(-n2nc3cc(C)c(NC(=S)NC(=O)c4cccc([N+](=O)[O-])c4C)cc3n2)c(C)c1. The van der Waals surface area contributed by atoms with Crippen molar-refractivity contribution in [3.63, 3.8) is 0 Å². The van der Waals surface area contributed by atoms with E-state index in [0.717, 1.165) is 41.1 Å². The van der Waals surface area contributed by atoms with Crippen LogP contribution in [0.15, 0.2) is 48.5 Å². The Kier molecular flexibility index (Phi) is 7.67. The van der Waals surface area contributed by atoms with E-state index in [1.165, 1.54) is 25.1 Å². The number of nitrogens with one attached hydrogen (secondary N) is 2. The van der Waals surface area contributed by atoms with Crippen LogP contribution in [0.1, 0.15) is 40.9 Å². The highest BCUT2D eigenvalue weighted by Gasteiger charge is 2.19. The maximum atomic E-state index is 12.7. The third-order valence-corrected chi connectivity index (χ3v) is 6.68. The molecule has 0 aliphatic rings. The van der Waals surface area contributed by atoms with Crippen molar-refractivity contribution in [3.8, 4) is 5.69 Å². The summed E-state index contributed by atoms with van der Waals surface area (Å²) in [6.07, 6.45) is 0. The first-order valence-electron chi connectivity index (χ1n) is 12.2. The number of rotatable bonds is 7. The van der Waals surface area contributed by atoms with Gasteiger partial charge in [0, 0.05) is 41.7 Å². The van der Waals surface area contributed by atoms with Crippen LogP contribution < -0.4 is 15.5 Å². The van der Waals surface area contributed by atoms with E-state index in [0.29, 0.717) is 11.2 Å². The molecule has 0 atom stereocenters. The molecule has 2 N–H and O–H groups in total. The Labute approximate surface area is 225 Å². The van der Waals surface area contributed by atoms with E-state index in [4.69, 9.17) is 12.2 Å². The zero-order valence-corrected chi connectivity index (χ0v) is 22.7. The number of hydrogen-bond acceptors (Lipinski definition) is 7. The van der Waals surface area contributed by atoms with Crippen LogP contribution in [0.25, 0.3) is 16.7 Å². The van der Waals surface area contributed by atoms with Crippen LogP contribution in [0.5, 0.6) is 0 Å². The molecule has 3 aromatic carbocycles. The molecular weight excluding hydrogens is 502 g/mol. The lowest BCUT2D eigenvalue weighted by molar-refractivity contribution is -0.385. The van der Waals surface area contributed by atoms with Crippen molar-refractivity contribution in [2.45, 2.75) is 34.6 Å². The number of anilines is 2. The zero-order chi connectivity index (χ0) is 27.6. The number of benzene rings is 3. The smallest absolute Gasteiger partial charge is 0.273 e. The van der Waals surface area contributed by atoms with Gasteiger partial charge in [0.1, 0.15) is 11.0 Å². The molecule has 4 aromatic rings.